The molecule has 2 aromatic heterocycles. The molecule has 0 saturated carbocycles. The highest BCUT2D eigenvalue weighted by atomic mass is 16.2. The summed E-state index contributed by atoms with van der Waals surface area (Å²) >= 11 is 0. The molecule has 1 atom stereocenters. The Labute approximate surface area is 140 Å². The van der Waals surface area contributed by atoms with Crippen LogP contribution in [0.5, 0.6) is 0 Å². The van der Waals surface area contributed by atoms with Crippen LogP contribution in [0.3, 0.4) is 0 Å². The Morgan fingerprint density at radius 2 is 2.25 bits per heavy atom. The number of hydrogen-bond donors (Lipinski definition) is 2. The number of pyridine rings is 1. The van der Waals surface area contributed by atoms with Gasteiger partial charge in [-0.05, 0) is 37.5 Å². The number of hydrogen-bond acceptors (Lipinski definition) is 4. The van der Waals surface area contributed by atoms with Crippen molar-refractivity contribution < 1.29 is 9.59 Å². The van der Waals surface area contributed by atoms with Gasteiger partial charge in [0.15, 0.2) is 0 Å². The van der Waals surface area contributed by atoms with Gasteiger partial charge >= 0.3 is 0 Å². The molecule has 1 aliphatic heterocycles. The molecule has 1 saturated heterocycles. The average molecular weight is 327 g/mol. The van der Waals surface area contributed by atoms with Crippen molar-refractivity contribution in [2.75, 3.05) is 13.1 Å². The zero-order valence-electron chi connectivity index (χ0n) is 13.4. The third-order valence-corrected chi connectivity index (χ3v) is 4.39. The lowest BCUT2D eigenvalue weighted by Gasteiger charge is -2.32. The Morgan fingerprint density at radius 3 is 2.96 bits per heavy atom. The molecule has 0 radical (unpaired) electrons. The number of nitrogens with two attached hydrogens (primary N) is 1. The molecule has 0 spiro atoms. The first-order chi connectivity index (χ1) is 11.6. The van der Waals surface area contributed by atoms with E-state index in [-0.39, 0.29) is 17.5 Å². The van der Waals surface area contributed by atoms with E-state index in [0.29, 0.717) is 19.4 Å². The van der Waals surface area contributed by atoms with Gasteiger partial charge in [0.2, 0.25) is 5.91 Å². The van der Waals surface area contributed by atoms with E-state index in [1.54, 1.807) is 12.3 Å². The van der Waals surface area contributed by atoms with Gasteiger partial charge in [-0.2, -0.15) is 5.10 Å². The van der Waals surface area contributed by atoms with E-state index in [1.165, 1.54) is 0 Å². The summed E-state index contributed by atoms with van der Waals surface area (Å²) in [4.78, 5) is 29.8. The molecule has 7 heteroatoms. The first-order valence-corrected chi connectivity index (χ1v) is 8.16. The van der Waals surface area contributed by atoms with Crippen LogP contribution in [-0.2, 0) is 11.2 Å². The number of amides is 2. The van der Waals surface area contributed by atoms with Crippen molar-refractivity contribution in [2.24, 2.45) is 5.73 Å². The SMILES string of the molecule is NC(=O)c1cc([C@@H]2CCCN(C(=O)CCc3ccccn3)C2)[nH]n1. The van der Waals surface area contributed by atoms with Crippen LogP contribution in [0.1, 0.15) is 47.1 Å². The maximum atomic E-state index is 12.5. The van der Waals surface area contributed by atoms with Crippen molar-refractivity contribution >= 4 is 11.8 Å². The first kappa shape index (κ1) is 16.2. The lowest BCUT2D eigenvalue weighted by atomic mass is 9.94. The molecular weight excluding hydrogens is 306 g/mol. The van der Waals surface area contributed by atoms with Gasteiger partial charge in [-0.3, -0.25) is 19.7 Å². The number of piperidine rings is 1. The molecule has 3 N–H and O–H groups in total. The molecular formula is C17H21N5O2. The van der Waals surface area contributed by atoms with Crippen LogP contribution in [0.4, 0.5) is 0 Å². The minimum absolute atomic E-state index is 0.139. The van der Waals surface area contributed by atoms with E-state index in [1.807, 2.05) is 23.1 Å². The molecule has 3 rings (SSSR count). The molecule has 126 valence electrons. The summed E-state index contributed by atoms with van der Waals surface area (Å²) in [6, 6.07) is 7.42. The van der Waals surface area contributed by atoms with Gasteiger partial charge in [0, 0.05) is 43.0 Å². The van der Waals surface area contributed by atoms with Gasteiger partial charge in [-0.15, -0.1) is 0 Å². The molecule has 0 bridgehead atoms. The van der Waals surface area contributed by atoms with Gasteiger partial charge in [0.1, 0.15) is 5.69 Å². The molecule has 3 heterocycles. The second-order valence-electron chi connectivity index (χ2n) is 6.07. The Kier molecular flexibility index (Phi) is 4.88. The number of aryl methyl sites for hydroxylation is 1. The predicted molar refractivity (Wildman–Crippen MR) is 88.2 cm³/mol. The van der Waals surface area contributed by atoms with Crippen LogP contribution in [-0.4, -0.2) is 45.0 Å². The number of carbonyl (C=O) groups is 2. The summed E-state index contributed by atoms with van der Waals surface area (Å²) in [5.74, 6) is -0.241. The monoisotopic (exact) mass is 327 g/mol. The molecule has 1 fully saturated rings. The van der Waals surface area contributed by atoms with Gasteiger partial charge < -0.3 is 10.6 Å². The third kappa shape index (κ3) is 3.79. The van der Waals surface area contributed by atoms with Crippen molar-refractivity contribution in [3.8, 4) is 0 Å². The maximum absolute atomic E-state index is 12.5. The van der Waals surface area contributed by atoms with E-state index < -0.39 is 5.91 Å². The summed E-state index contributed by atoms with van der Waals surface area (Å²) in [6.45, 7) is 1.41. The zero-order chi connectivity index (χ0) is 16.9. The lowest BCUT2D eigenvalue weighted by Crippen LogP contribution is -2.39. The highest BCUT2D eigenvalue weighted by Crippen LogP contribution is 2.26. The van der Waals surface area contributed by atoms with Crippen LogP contribution in [0.25, 0.3) is 0 Å². The van der Waals surface area contributed by atoms with E-state index in [9.17, 15) is 9.59 Å². The Balaban J connectivity index is 1.58. The van der Waals surface area contributed by atoms with Crippen molar-refractivity contribution in [1.29, 1.82) is 0 Å². The fraction of sp³-hybridized carbons (Fsp3) is 0.412. The smallest absolute Gasteiger partial charge is 0.269 e. The molecule has 2 aromatic rings. The van der Waals surface area contributed by atoms with Gasteiger partial charge in [0.25, 0.3) is 5.91 Å². The van der Waals surface area contributed by atoms with E-state index in [0.717, 1.165) is 30.8 Å². The van der Waals surface area contributed by atoms with Gasteiger partial charge in [-0.25, -0.2) is 0 Å². The minimum atomic E-state index is -0.545. The van der Waals surface area contributed by atoms with Crippen LogP contribution in [0.15, 0.2) is 30.5 Å². The largest absolute Gasteiger partial charge is 0.364 e. The summed E-state index contributed by atoms with van der Waals surface area (Å²) in [6.07, 6.45) is 4.75. The number of nitrogens with zero attached hydrogens (tertiary/aromatic N) is 3. The van der Waals surface area contributed by atoms with E-state index in [2.05, 4.69) is 15.2 Å². The standard InChI is InChI=1S/C17H21N5O2/c18-17(24)15-10-14(20-21-15)12-4-3-9-22(11-12)16(23)7-6-13-5-1-2-8-19-13/h1-2,5,8,10,12H,3-4,6-7,9,11H2,(H2,18,24)(H,20,21)/t12-/m1/s1. The summed E-state index contributed by atoms with van der Waals surface area (Å²) in [5.41, 5.74) is 7.27. The highest BCUT2D eigenvalue weighted by molar-refractivity contribution is 5.90. The van der Waals surface area contributed by atoms with Crippen LogP contribution in [0, 0.1) is 0 Å². The fourth-order valence-corrected chi connectivity index (χ4v) is 3.07. The number of carbonyl (C=O) groups excluding carboxylic acids is 2. The van der Waals surface area contributed by atoms with Crippen LogP contribution < -0.4 is 5.73 Å². The second kappa shape index (κ2) is 7.25. The summed E-state index contributed by atoms with van der Waals surface area (Å²) in [7, 11) is 0. The zero-order valence-corrected chi connectivity index (χ0v) is 13.4. The summed E-state index contributed by atoms with van der Waals surface area (Å²) in [5, 5.41) is 6.80. The number of rotatable bonds is 5. The normalized spacial score (nSPS) is 17.7. The van der Waals surface area contributed by atoms with Gasteiger partial charge in [-0.1, -0.05) is 6.07 Å². The van der Waals surface area contributed by atoms with Crippen LogP contribution in [0.2, 0.25) is 0 Å². The van der Waals surface area contributed by atoms with Crippen molar-refractivity contribution in [3.05, 3.63) is 47.5 Å². The van der Waals surface area contributed by atoms with E-state index >= 15 is 0 Å². The predicted octanol–water partition coefficient (Wildman–Crippen LogP) is 1.24. The Bertz CT molecular complexity index is 713. The molecule has 2 amide bonds. The second-order valence-corrected chi connectivity index (χ2v) is 6.07. The number of likely N-dealkylation sites (tertiary alicyclic amines) is 1. The minimum Gasteiger partial charge on any atom is -0.364 e. The average Bonchev–Trinajstić information content (AvgIpc) is 3.11. The van der Waals surface area contributed by atoms with Gasteiger partial charge in [0.05, 0.1) is 0 Å². The first-order valence-electron chi connectivity index (χ1n) is 8.16. The van der Waals surface area contributed by atoms with Crippen molar-refractivity contribution in [2.45, 2.75) is 31.6 Å². The third-order valence-electron chi connectivity index (χ3n) is 4.39. The number of aromatic nitrogens is 3. The quantitative estimate of drug-likeness (QED) is 0.862. The number of aromatic amines is 1. The summed E-state index contributed by atoms with van der Waals surface area (Å²) < 4.78 is 0. The molecule has 0 aromatic carbocycles. The topological polar surface area (TPSA) is 105 Å². The van der Waals surface area contributed by atoms with E-state index in [4.69, 9.17) is 5.73 Å². The van der Waals surface area contributed by atoms with Crippen molar-refractivity contribution in [3.63, 3.8) is 0 Å². The fourth-order valence-electron chi connectivity index (χ4n) is 3.07. The number of primary amides is 1. The van der Waals surface area contributed by atoms with Crippen LogP contribution >= 0.6 is 0 Å². The number of nitrogens with one attached hydrogen (secondary N) is 1. The molecule has 7 nitrogen and oxygen atoms in total. The highest BCUT2D eigenvalue weighted by Gasteiger charge is 2.26. The Hall–Kier alpha value is -2.70. The Morgan fingerprint density at radius 1 is 1.38 bits per heavy atom. The lowest BCUT2D eigenvalue weighted by molar-refractivity contribution is -0.132. The number of H-pyrrole nitrogens is 1. The van der Waals surface area contributed by atoms with Crippen molar-refractivity contribution in [1.82, 2.24) is 20.1 Å². The molecule has 0 aliphatic carbocycles. The molecule has 0 unspecified atom stereocenters. The maximum Gasteiger partial charge on any atom is 0.269 e. The molecule has 1 aliphatic rings. The molecule has 24 heavy (non-hydrogen) atoms.